The summed E-state index contributed by atoms with van der Waals surface area (Å²) in [5.41, 5.74) is 0.863. The molecule has 2 aromatic carbocycles. The van der Waals surface area contributed by atoms with E-state index in [2.05, 4.69) is 0 Å². The summed E-state index contributed by atoms with van der Waals surface area (Å²) >= 11 is 0. The lowest BCUT2D eigenvalue weighted by molar-refractivity contribution is 0.182. The van der Waals surface area contributed by atoms with Crippen molar-refractivity contribution in [2.75, 3.05) is 0 Å². The Morgan fingerprint density at radius 3 is 2.39 bits per heavy atom. The first-order valence-corrected chi connectivity index (χ1v) is 7.61. The van der Waals surface area contributed by atoms with E-state index in [-0.39, 0.29) is 23.0 Å². The fourth-order valence-electron chi connectivity index (χ4n) is 2.30. The molecular weight excluding hydrogens is 298 g/mol. The van der Waals surface area contributed by atoms with Gasteiger partial charge in [-0.2, -0.15) is 0 Å². The van der Waals surface area contributed by atoms with Crippen molar-refractivity contribution in [2.24, 2.45) is 0 Å². The molecule has 0 aromatic heterocycles. The van der Waals surface area contributed by atoms with E-state index in [1.807, 2.05) is 0 Å². The molecule has 2 nitrogen and oxygen atoms in total. The van der Waals surface area contributed by atoms with Crippen molar-refractivity contribution < 1.29 is 19.0 Å². The third kappa shape index (κ3) is 4.63. The van der Waals surface area contributed by atoms with Gasteiger partial charge in [0, 0.05) is 11.1 Å². The highest BCUT2D eigenvalue weighted by Gasteiger charge is 2.13. The number of hydrogen-bond acceptors (Lipinski definition) is 2. The molecule has 0 aliphatic heterocycles. The van der Waals surface area contributed by atoms with Gasteiger partial charge in [0.15, 0.2) is 11.6 Å². The summed E-state index contributed by atoms with van der Waals surface area (Å²) in [7, 11) is 0. The van der Waals surface area contributed by atoms with E-state index >= 15 is 0 Å². The normalized spacial score (nSPS) is 12.7. The van der Waals surface area contributed by atoms with Gasteiger partial charge in [0.05, 0.1) is 6.10 Å². The molecule has 2 N–H and O–H groups in total. The van der Waals surface area contributed by atoms with Crippen LogP contribution in [0.15, 0.2) is 42.5 Å². The Morgan fingerprint density at radius 2 is 1.74 bits per heavy atom. The number of phenols is 1. The molecule has 1 atom stereocenters. The van der Waals surface area contributed by atoms with Gasteiger partial charge in [-0.05, 0) is 43.9 Å². The van der Waals surface area contributed by atoms with Crippen LogP contribution < -0.4 is 0 Å². The van der Waals surface area contributed by atoms with E-state index in [0.717, 1.165) is 6.42 Å². The summed E-state index contributed by atoms with van der Waals surface area (Å²) in [5.74, 6) is -1.71. The van der Waals surface area contributed by atoms with Crippen LogP contribution in [-0.4, -0.2) is 16.3 Å². The number of allylic oxidation sites excluding steroid dienone is 1. The lowest BCUT2D eigenvalue weighted by atomic mass is 10.0. The van der Waals surface area contributed by atoms with Gasteiger partial charge in [-0.15, -0.1) is 0 Å². The van der Waals surface area contributed by atoms with Crippen molar-refractivity contribution >= 4 is 6.08 Å². The van der Waals surface area contributed by atoms with Gasteiger partial charge in [0.2, 0.25) is 0 Å². The Kier molecular flexibility index (Phi) is 5.88. The molecule has 0 saturated heterocycles. The lowest BCUT2D eigenvalue weighted by Crippen LogP contribution is -1.97. The van der Waals surface area contributed by atoms with Crippen molar-refractivity contribution in [2.45, 2.75) is 32.3 Å². The van der Waals surface area contributed by atoms with Crippen LogP contribution in [-0.2, 0) is 0 Å². The molecule has 0 saturated carbocycles. The van der Waals surface area contributed by atoms with Gasteiger partial charge < -0.3 is 10.2 Å². The molecule has 2 aromatic rings. The largest absolute Gasteiger partial charge is 0.508 e. The molecule has 0 fully saturated rings. The van der Waals surface area contributed by atoms with Crippen LogP contribution in [0.3, 0.4) is 0 Å². The van der Waals surface area contributed by atoms with Gasteiger partial charge >= 0.3 is 0 Å². The van der Waals surface area contributed by atoms with Crippen LogP contribution in [0, 0.1) is 11.6 Å². The van der Waals surface area contributed by atoms with E-state index in [4.69, 9.17) is 5.11 Å². The monoisotopic (exact) mass is 318 g/mol. The molecule has 23 heavy (non-hydrogen) atoms. The van der Waals surface area contributed by atoms with Crippen LogP contribution in [0.2, 0.25) is 0 Å². The summed E-state index contributed by atoms with van der Waals surface area (Å²) in [6.45, 7) is 1.72. The molecule has 4 heteroatoms. The minimum absolute atomic E-state index is 0.0754. The summed E-state index contributed by atoms with van der Waals surface area (Å²) in [4.78, 5) is 0. The zero-order valence-corrected chi connectivity index (χ0v) is 13.0. The van der Waals surface area contributed by atoms with Crippen molar-refractivity contribution in [3.05, 3.63) is 59.7 Å². The van der Waals surface area contributed by atoms with Crippen LogP contribution >= 0.6 is 0 Å². The first kappa shape index (κ1) is 17.2. The lowest BCUT2D eigenvalue weighted by Gasteiger charge is -2.07. The maximum absolute atomic E-state index is 14.2. The van der Waals surface area contributed by atoms with E-state index in [1.54, 1.807) is 31.2 Å². The van der Waals surface area contributed by atoms with E-state index in [9.17, 15) is 13.9 Å². The predicted molar refractivity (Wildman–Crippen MR) is 88.0 cm³/mol. The first-order chi connectivity index (χ1) is 11.0. The summed E-state index contributed by atoms with van der Waals surface area (Å²) in [6.07, 6.45) is 5.17. The van der Waals surface area contributed by atoms with E-state index in [1.165, 1.54) is 24.3 Å². The predicted octanol–water partition coefficient (Wildman–Crippen LogP) is 4.90. The molecule has 1 unspecified atom stereocenters. The Bertz CT molecular complexity index is 677. The zero-order valence-electron chi connectivity index (χ0n) is 13.0. The Hall–Kier alpha value is -2.20. The van der Waals surface area contributed by atoms with Crippen LogP contribution in [0.25, 0.3) is 17.2 Å². The van der Waals surface area contributed by atoms with Gasteiger partial charge in [-0.3, -0.25) is 0 Å². The molecular formula is C19H20F2O2. The highest BCUT2D eigenvalue weighted by atomic mass is 19.2. The highest BCUT2D eigenvalue weighted by molar-refractivity contribution is 5.67. The molecule has 0 aliphatic rings. The molecule has 0 amide bonds. The minimum Gasteiger partial charge on any atom is -0.508 e. The topological polar surface area (TPSA) is 40.5 Å². The summed E-state index contributed by atoms with van der Waals surface area (Å²) in [5, 5.41) is 18.4. The second kappa shape index (κ2) is 7.88. The molecule has 0 heterocycles. The maximum atomic E-state index is 14.2. The second-order valence-electron chi connectivity index (χ2n) is 5.56. The molecule has 0 bridgehead atoms. The SMILES string of the molecule is CC(O)CCCC=Cc1ccc(-c2ccc(O)cc2)c(F)c1F. The fraction of sp³-hybridized carbons (Fsp3) is 0.263. The molecule has 0 aliphatic carbocycles. The third-order valence-electron chi connectivity index (χ3n) is 3.58. The van der Waals surface area contributed by atoms with Crippen LogP contribution in [0.1, 0.15) is 31.7 Å². The summed E-state index contributed by atoms with van der Waals surface area (Å²) in [6, 6.07) is 9.01. The highest BCUT2D eigenvalue weighted by Crippen LogP contribution is 2.28. The number of rotatable bonds is 6. The summed E-state index contributed by atoms with van der Waals surface area (Å²) < 4.78 is 28.4. The number of unbranched alkanes of at least 4 members (excludes halogenated alkanes) is 1. The minimum atomic E-state index is -0.901. The zero-order chi connectivity index (χ0) is 16.8. The first-order valence-electron chi connectivity index (χ1n) is 7.61. The van der Waals surface area contributed by atoms with Gasteiger partial charge in [0.25, 0.3) is 0 Å². The average molecular weight is 318 g/mol. The van der Waals surface area contributed by atoms with Crippen molar-refractivity contribution in [1.82, 2.24) is 0 Å². The van der Waals surface area contributed by atoms with Gasteiger partial charge in [-0.25, -0.2) is 8.78 Å². The number of phenolic OH excluding ortho intramolecular Hbond substituents is 1. The number of benzene rings is 2. The molecule has 2 rings (SSSR count). The third-order valence-corrected chi connectivity index (χ3v) is 3.58. The standard InChI is InChI=1S/C19H20F2O2/c1-13(22)5-3-2-4-6-15-9-12-17(19(21)18(15)20)14-7-10-16(23)11-8-14/h4,6-13,22-23H,2-3,5H2,1H3. The van der Waals surface area contributed by atoms with E-state index in [0.29, 0.717) is 18.4 Å². The van der Waals surface area contributed by atoms with Crippen molar-refractivity contribution in [3.8, 4) is 16.9 Å². The number of hydrogen-bond donors (Lipinski definition) is 2. The Balaban J connectivity index is 2.14. The number of aliphatic hydroxyl groups is 1. The van der Waals surface area contributed by atoms with E-state index < -0.39 is 11.6 Å². The van der Waals surface area contributed by atoms with Gasteiger partial charge in [-0.1, -0.05) is 36.4 Å². The van der Waals surface area contributed by atoms with Gasteiger partial charge in [0.1, 0.15) is 5.75 Å². The van der Waals surface area contributed by atoms with Crippen molar-refractivity contribution in [3.63, 3.8) is 0 Å². The quantitative estimate of drug-likeness (QED) is 0.744. The number of aliphatic hydroxyl groups excluding tert-OH is 1. The number of halogens is 2. The second-order valence-corrected chi connectivity index (χ2v) is 5.56. The Morgan fingerprint density at radius 1 is 1.04 bits per heavy atom. The average Bonchev–Trinajstić information content (AvgIpc) is 2.52. The fourth-order valence-corrected chi connectivity index (χ4v) is 2.30. The van der Waals surface area contributed by atoms with Crippen LogP contribution in [0.4, 0.5) is 8.78 Å². The molecule has 122 valence electrons. The Labute approximate surface area is 134 Å². The van der Waals surface area contributed by atoms with Crippen LogP contribution in [0.5, 0.6) is 5.75 Å². The number of aromatic hydroxyl groups is 1. The smallest absolute Gasteiger partial charge is 0.167 e. The maximum Gasteiger partial charge on any atom is 0.167 e. The van der Waals surface area contributed by atoms with Crippen molar-refractivity contribution in [1.29, 1.82) is 0 Å². The molecule has 0 radical (unpaired) electrons. The molecule has 0 spiro atoms.